The molecule has 56 heavy (non-hydrogen) atoms. The lowest BCUT2D eigenvalue weighted by Gasteiger charge is -2.40. The molecule has 266 valence electrons. The number of aromatic nitrogens is 1. The van der Waals surface area contributed by atoms with Crippen LogP contribution in [0.15, 0.2) is 204 Å². The molecule has 2 aromatic heterocycles. The molecule has 0 saturated heterocycles. The van der Waals surface area contributed by atoms with Crippen molar-refractivity contribution in [3.8, 4) is 27.9 Å². The minimum absolute atomic E-state index is 0.345. The topological polar surface area (TPSA) is 56.6 Å². The molecule has 8 aromatic carbocycles. The summed E-state index contributed by atoms with van der Waals surface area (Å²) in [6.45, 7) is 0. The van der Waals surface area contributed by atoms with Gasteiger partial charge in [0.15, 0.2) is 0 Å². The average Bonchev–Trinajstić information content (AvgIpc) is 3.83. The van der Waals surface area contributed by atoms with Crippen LogP contribution >= 0.6 is 0 Å². The lowest BCUT2D eigenvalue weighted by Crippen LogP contribution is -2.32. The Morgan fingerprint density at radius 3 is 1.93 bits per heavy atom. The van der Waals surface area contributed by atoms with E-state index in [1.807, 2.05) is 6.07 Å². The lowest BCUT2D eigenvalue weighted by atomic mass is 9.99. The zero-order chi connectivity index (χ0) is 37.0. The minimum Gasteiger partial charge on any atom is -0.456 e. The van der Waals surface area contributed by atoms with Crippen molar-refractivity contribution >= 4 is 49.6 Å². The molecular weight excluding hydrogens is 685 g/mol. The van der Waals surface area contributed by atoms with Gasteiger partial charge in [0.25, 0.3) is 0 Å². The smallest absolute Gasteiger partial charge is 0.137 e. The van der Waals surface area contributed by atoms with E-state index in [2.05, 4.69) is 198 Å². The first kappa shape index (κ1) is 32.2. The molecule has 5 nitrogen and oxygen atoms in total. The maximum atomic E-state index is 6.70. The number of furan rings is 1. The van der Waals surface area contributed by atoms with Crippen molar-refractivity contribution in [2.24, 2.45) is 4.99 Å². The van der Waals surface area contributed by atoms with E-state index >= 15 is 0 Å². The minimum atomic E-state index is -0.353. The zero-order valence-electron chi connectivity index (χ0n) is 30.4. The Morgan fingerprint density at radius 2 is 1.14 bits per heavy atom. The van der Waals surface area contributed by atoms with Crippen molar-refractivity contribution in [2.45, 2.75) is 12.3 Å². The first-order valence-corrected chi connectivity index (χ1v) is 19.1. The fourth-order valence-corrected chi connectivity index (χ4v) is 8.38. The van der Waals surface area contributed by atoms with Gasteiger partial charge in [0.2, 0.25) is 0 Å². The summed E-state index contributed by atoms with van der Waals surface area (Å²) in [5.41, 5.74) is 12.7. The molecule has 0 aliphatic carbocycles. The Bertz CT molecular complexity index is 3070. The van der Waals surface area contributed by atoms with E-state index in [-0.39, 0.29) is 12.3 Å². The molecule has 2 unspecified atom stereocenters. The second-order valence-corrected chi connectivity index (χ2v) is 14.3. The number of hydrogen-bond donors (Lipinski definition) is 1. The van der Waals surface area contributed by atoms with Crippen LogP contribution in [0, 0.1) is 0 Å². The molecule has 0 spiro atoms. The van der Waals surface area contributed by atoms with E-state index in [9.17, 15) is 0 Å². The maximum Gasteiger partial charge on any atom is 0.137 e. The van der Waals surface area contributed by atoms with Crippen molar-refractivity contribution in [3.63, 3.8) is 0 Å². The normalized spacial score (nSPS) is 15.7. The highest BCUT2D eigenvalue weighted by molar-refractivity contribution is 6.29. The standard InChI is InChI=1S/C51H35N4O/c1-4-14-33(15-5-1)35-26-28-36(29-27-35)49-52-50(38-19-12-18-37(32-38)34-16-6-2-7-17-34)54-51(53-49)42-23-13-25-44-46(42)47-45(56-44)31-30-41-40-22-10-11-24-43(40)55(48(41)47)39-20-8-3-9-21-39/h1-32,49-50,52H/q-1. The van der Waals surface area contributed by atoms with E-state index in [0.717, 1.165) is 60.9 Å². The molecule has 1 aliphatic heterocycles. The Labute approximate surface area is 324 Å². The number of rotatable bonds is 6. The van der Waals surface area contributed by atoms with Crippen LogP contribution in [0.1, 0.15) is 29.0 Å². The number of para-hydroxylation sites is 2. The first-order chi connectivity index (χ1) is 27.8. The molecule has 5 heteroatoms. The summed E-state index contributed by atoms with van der Waals surface area (Å²) in [7, 11) is 0. The Hall–Kier alpha value is -7.21. The number of amidine groups is 1. The molecule has 0 bridgehead atoms. The van der Waals surface area contributed by atoms with Crippen LogP contribution in [-0.2, 0) is 0 Å². The number of aliphatic imine (C=N–C) groups is 1. The van der Waals surface area contributed by atoms with Crippen molar-refractivity contribution in [1.82, 2.24) is 9.88 Å². The van der Waals surface area contributed by atoms with Gasteiger partial charge in [0, 0.05) is 34.2 Å². The molecule has 0 saturated carbocycles. The fourth-order valence-electron chi connectivity index (χ4n) is 8.38. The number of nitrogens with one attached hydrogen (secondary N) is 1. The second kappa shape index (κ2) is 13.3. The average molecular weight is 720 g/mol. The highest BCUT2D eigenvalue weighted by Gasteiger charge is 2.24. The predicted molar refractivity (Wildman–Crippen MR) is 230 cm³/mol. The third-order valence-corrected chi connectivity index (χ3v) is 11.0. The number of benzene rings is 8. The van der Waals surface area contributed by atoms with Crippen LogP contribution < -0.4 is 5.32 Å². The summed E-state index contributed by atoms with van der Waals surface area (Å²) in [4.78, 5) is 5.41. The van der Waals surface area contributed by atoms with Crippen molar-refractivity contribution in [3.05, 3.63) is 216 Å². The molecule has 2 atom stereocenters. The zero-order valence-corrected chi connectivity index (χ0v) is 30.4. The van der Waals surface area contributed by atoms with Gasteiger partial charge < -0.3 is 24.6 Å². The lowest BCUT2D eigenvalue weighted by molar-refractivity contribution is 0.488. The first-order valence-electron chi connectivity index (χ1n) is 19.1. The van der Waals surface area contributed by atoms with Crippen molar-refractivity contribution < 1.29 is 4.42 Å². The second-order valence-electron chi connectivity index (χ2n) is 14.3. The molecule has 1 aliphatic rings. The van der Waals surface area contributed by atoms with Crippen LogP contribution in [0.2, 0.25) is 0 Å². The molecule has 0 amide bonds. The monoisotopic (exact) mass is 719 g/mol. The molecule has 11 rings (SSSR count). The van der Waals surface area contributed by atoms with Gasteiger partial charge in [-0.05, 0) is 81.4 Å². The molecule has 3 heterocycles. The van der Waals surface area contributed by atoms with Crippen molar-refractivity contribution in [1.29, 1.82) is 0 Å². The van der Waals surface area contributed by atoms with Crippen LogP contribution in [0.5, 0.6) is 0 Å². The summed E-state index contributed by atoms with van der Waals surface area (Å²) in [5.74, 6) is 0.684. The third kappa shape index (κ3) is 5.40. The summed E-state index contributed by atoms with van der Waals surface area (Å²) in [5, 5.41) is 13.7. The van der Waals surface area contributed by atoms with E-state index in [4.69, 9.17) is 14.7 Å². The highest BCUT2D eigenvalue weighted by Crippen LogP contribution is 2.43. The Balaban J connectivity index is 1.12. The highest BCUT2D eigenvalue weighted by atomic mass is 16.3. The van der Waals surface area contributed by atoms with Gasteiger partial charge >= 0.3 is 0 Å². The number of hydrogen-bond acceptors (Lipinski definition) is 3. The number of fused-ring (bicyclic) bond motifs is 7. The predicted octanol–water partition coefficient (Wildman–Crippen LogP) is 13.1. The summed E-state index contributed by atoms with van der Waals surface area (Å²) in [6, 6.07) is 68.2. The molecule has 0 radical (unpaired) electrons. The van der Waals surface area contributed by atoms with Crippen molar-refractivity contribution in [2.75, 3.05) is 0 Å². The molecular formula is C51H35N4O-. The van der Waals surface area contributed by atoms with Gasteiger partial charge in [0.05, 0.1) is 16.4 Å². The summed E-state index contributed by atoms with van der Waals surface area (Å²) in [6.07, 6.45) is -0.698. The molecule has 1 N–H and O–H groups in total. The van der Waals surface area contributed by atoms with Gasteiger partial charge in [-0.2, -0.15) is 0 Å². The largest absolute Gasteiger partial charge is 0.456 e. The van der Waals surface area contributed by atoms with E-state index in [1.165, 1.54) is 27.5 Å². The summed E-state index contributed by atoms with van der Waals surface area (Å²) < 4.78 is 9.07. The van der Waals surface area contributed by atoms with Gasteiger partial charge in [-0.3, -0.25) is 0 Å². The summed E-state index contributed by atoms with van der Waals surface area (Å²) >= 11 is 0. The van der Waals surface area contributed by atoms with E-state index in [1.54, 1.807) is 0 Å². The Kier molecular flexibility index (Phi) is 7.64. The molecule has 0 fully saturated rings. The van der Waals surface area contributed by atoms with Crippen LogP contribution in [0.4, 0.5) is 0 Å². The van der Waals surface area contributed by atoms with E-state index in [0.29, 0.717) is 5.84 Å². The van der Waals surface area contributed by atoms with Gasteiger partial charge in [-0.25, -0.2) is 0 Å². The van der Waals surface area contributed by atoms with E-state index < -0.39 is 0 Å². The fraction of sp³-hybridized carbons (Fsp3) is 0.0392. The van der Waals surface area contributed by atoms with Crippen LogP contribution in [0.3, 0.4) is 0 Å². The van der Waals surface area contributed by atoms with Gasteiger partial charge in [0.1, 0.15) is 11.2 Å². The Morgan fingerprint density at radius 1 is 0.500 bits per heavy atom. The third-order valence-electron chi connectivity index (χ3n) is 11.0. The van der Waals surface area contributed by atoms with Crippen LogP contribution in [-0.4, -0.2) is 10.4 Å². The van der Waals surface area contributed by atoms with Crippen LogP contribution in [0.25, 0.3) is 77.0 Å². The van der Waals surface area contributed by atoms with Gasteiger partial charge in [-0.15, -0.1) is 0 Å². The maximum absolute atomic E-state index is 6.70. The molecule has 10 aromatic rings. The van der Waals surface area contributed by atoms with Gasteiger partial charge in [-0.1, -0.05) is 157 Å². The number of nitrogens with zero attached hydrogens (tertiary/aromatic N) is 3. The SMILES string of the molecule is c1ccc(-c2ccc(C3N=C(c4cccc5oc6ccc7c8ccccc8n(-c8ccccc8)c7c6c45)[N-]C(c4cccc(-c5ccccc5)c4)N3)cc2)cc1. The quantitative estimate of drug-likeness (QED) is 0.186.